The van der Waals surface area contributed by atoms with Crippen molar-refractivity contribution < 1.29 is 50.7 Å². The van der Waals surface area contributed by atoms with E-state index in [1.54, 1.807) is 25.2 Å². The number of ether oxygens (including phenoxy) is 1. The summed E-state index contributed by atoms with van der Waals surface area (Å²) < 4.78 is 68.9. The van der Waals surface area contributed by atoms with E-state index >= 15 is 0 Å². The van der Waals surface area contributed by atoms with Gasteiger partial charge in [0.15, 0.2) is 0 Å². The van der Waals surface area contributed by atoms with Crippen molar-refractivity contribution in [2.45, 2.75) is 56.3 Å². The number of carbonyl (C=O) groups excluding carboxylic acids is 4. The van der Waals surface area contributed by atoms with E-state index in [0.717, 1.165) is 32.8 Å². The van der Waals surface area contributed by atoms with Crippen molar-refractivity contribution in [2.24, 2.45) is 17.8 Å². The van der Waals surface area contributed by atoms with Gasteiger partial charge in [-0.3, -0.25) is 38.8 Å². The number of hydrogen-bond acceptors (Lipinski definition) is 9. The molecule has 5 rings (SSSR count). The fourth-order valence-corrected chi connectivity index (χ4v) is 7.24. The van der Waals surface area contributed by atoms with Gasteiger partial charge in [-0.15, -0.1) is 0 Å². The molecule has 3 N–H and O–H groups in total. The van der Waals surface area contributed by atoms with Gasteiger partial charge in [0, 0.05) is 45.5 Å². The number of fused-ring (bicyclic) bond motifs is 2. The van der Waals surface area contributed by atoms with Crippen molar-refractivity contribution in [3.8, 4) is 11.3 Å². The number of aromatic nitrogens is 1. The van der Waals surface area contributed by atoms with Crippen LogP contribution in [0.15, 0.2) is 54.7 Å². The Hall–Kier alpha value is -4.27. The maximum absolute atomic E-state index is 13.9. The molecule has 13 nitrogen and oxygen atoms in total. The van der Waals surface area contributed by atoms with Gasteiger partial charge in [-0.1, -0.05) is 24.3 Å². The first-order valence-corrected chi connectivity index (χ1v) is 17.6. The summed E-state index contributed by atoms with van der Waals surface area (Å²) >= 11 is 0. The highest BCUT2D eigenvalue weighted by atomic mass is 31.2. The molecular formula is C33H39F3N5O8P. The number of halogens is 3. The van der Waals surface area contributed by atoms with Crippen LogP contribution in [0.3, 0.4) is 0 Å². The molecule has 0 spiro atoms. The van der Waals surface area contributed by atoms with E-state index in [0.29, 0.717) is 25.1 Å². The molecule has 3 aliphatic rings. The number of pyridine rings is 1. The van der Waals surface area contributed by atoms with Gasteiger partial charge >= 0.3 is 20.0 Å². The first kappa shape index (κ1) is 37.0. The first-order chi connectivity index (χ1) is 23.7. The fraction of sp³-hybridized carbons (Fsp3) is 0.485. The number of amides is 4. The van der Waals surface area contributed by atoms with Crippen LogP contribution in [0.1, 0.15) is 44.1 Å². The standard InChI is InChI=1S/C33H39F3N5O8P/c1-41-15-9-5-4-6-10-21-19-32(21,30(44)40-50(46,47-2)48-3)39-28(42)24-17-22(18-25(24)29(41)43)49-31(45)38-27-16-20(33(34,35)36)12-13-23(27)26-11-7-8-14-37-26/h6-8,10-14,16,21-22,24-25H,4-5,9,15,17-19H2,1-3H3,(H,38,45)(H,39,42)(H,40,44,46)/b10-6-/t21-,22-,24-,25-,32-/m1/s1. The van der Waals surface area contributed by atoms with Crippen LogP contribution in [-0.4, -0.2) is 73.2 Å². The smallest absolute Gasteiger partial charge is 0.434 e. The number of alkyl halides is 3. The van der Waals surface area contributed by atoms with E-state index in [-0.39, 0.29) is 36.4 Å². The Balaban J connectivity index is 1.38. The summed E-state index contributed by atoms with van der Waals surface area (Å²) in [6, 6.07) is 7.71. The van der Waals surface area contributed by atoms with E-state index in [4.69, 9.17) is 13.8 Å². The minimum atomic E-state index is -4.69. The van der Waals surface area contributed by atoms with Gasteiger partial charge in [0.05, 0.1) is 28.8 Å². The average Bonchev–Trinajstić information content (AvgIpc) is 3.62. The minimum Gasteiger partial charge on any atom is -0.446 e. The fourth-order valence-electron chi connectivity index (χ4n) is 6.46. The minimum absolute atomic E-state index is 0.0462. The SMILES string of the molecule is COP(=O)(NC(=O)[C@@]12C[C@H]1/C=C\CCCCN(C)C(=O)[C@@H]1C[C@H](OC(=O)Nc3cc(C(F)(F)F)ccc3-c3ccccn3)C[C@H]1C(=O)N2)OC. The lowest BCUT2D eigenvalue weighted by atomic mass is 9.93. The molecule has 2 heterocycles. The Bertz CT molecular complexity index is 1680. The number of nitrogens with zero attached hydrogens (tertiary/aromatic N) is 2. The van der Waals surface area contributed by atoms with Crippen molar-refractivity contribution in [1.29, 1.82) is 0 Å². The Morgan fingerprint density at radius 3 is 2.50 bits per heavy atom. The molecule has 2 aliphatic carbocycles. The lowest BCUT2D eigenvalue weighted by Crippen LogP contribution is -2.52. The zero-order valence-electron chi connectivity index (χ0n) is 27.7. The van der Waals surface area contributed by atoms with Gasteiger partial charge in [-0.2, -0.15) is 13.2 Å². The third kappa shape index (κ3) is 8.19. The van der Waals surface area contributed by atoms with Gasteiger partial charge in [-0.05, 0) is 62.8 Å². The number of nitrogens with one attached hydrogen (secondary N) is 3. The van der Waals surface area contributed by atoms with E-state index in [1.165, 1.54) is 17.2 Å². The Kier molecular flexibility index (Phi) is 11.0. The Morgan fingerprint density at radius 1 is 1.08 bits per heavy atom. The second kappa shape index (κ2) is 14.9. The van der Waals surface area contributed by atoms with Crippen molar-refractivity contribution >= 4 is 37.2 Å². The number of rotatable bonds is 7. The molecule has 2 fully saturated rings. The van der Waals surface area contributed by atoms with Gasteiger partial charge in [-0.25, -0.2) is 9.36 Å². The lowest BCUT2D eigenvalue weighted by molar-refractivity contribution is -0.140. The van der Waals surface area contributed by atoms with E-state index < -0.39 is 66.8 Å². The van der Waals surface area contributed by atoms with Crippen LogP contribution >= 0.6 is 7.75 Å². The lowest BCUT2D eigenvalue weighted by Gasteiger charge is -2.27. The molecular weight excluding hydrogens is 682 g/mol. The van der Waals surface area contributed by atoms with Crippen molar-refractivity contribution in [3.05, 3.63) is 60.3 Å². The predicted octanol–water partition coefficient (Wildman–Crippen LogP) is 5.30. The van der Waals surface area contributed by atoms with Gasteiger partial charge in [0.1, 0.15) is 11.6 Å². The van der Waals surface area contributed by atoms with Gasteiger partial charge in [0.25, 0.3) is 5.91 Å². The Labute approximate surface area is 286 Å². The molecule has 2 aromatic rings. The highest BCUT2D eigenvalue weighted by Crippen LogP contribution is 2.50. The summed E-state index contributed by atoms with van der Waals surface area (Å²) in [5.41, 5.74) is -2.16. The van der Waals surface area contributed by atoms with Crippen LogP contribution in [0.5, 0.6) is 0 Å². The molecule has 1 aromatic heterocycles. The predicted molar refractivity (Wildman–Crippen MR) is 174 cm³/mol. The molecule has 0 unspecified atom stereocenters. The van der Waals surface area contributed by atoms with Crippen molar-refractivity contribution in [1.82, 2.24) is 20.3 Å². The average molecular weight is 722 g/mol. The topological polar surface area (TPSA) is 165 Å². The molecule has 0 bridgehead atoms. The number of carbonyl (C=O) groups is 4. The molecule has 2 saturated carbocycles. The largest absolute Gasteiger partial charge is 0.446 e. The second-order valence-corrected chi connectivity index (χ2v) is 14.5. The molecule has 4 amide bonds. The summed E-state index contributed by atoms with van der Waals surface area (Å²) in [6.07, 6.45) is 0.563. The zero-order valence-corrected chi connectivity index (χ0v) is 28.6. The van der Waals surface area contributed by atoms with E-state index in [2.05, 4.69) is 20.7 Å². The third-order valence-electron chi connectivity index (χ3n) is 9.32. The van der Waals surface area contributed by atoms with Crippen LogP contribution in [0.4, 0.5) is 23.7 Å². The molecule has 1 aromatic carbocycles. The highest BCUT2D eigenvalue weighted by molar-refractivity contribution is 7.52. The number of allylic oxidation sites excluding steroid dienone is 1. The number of anilines is 1. The molecule has 50 heavy (non-hydrogen) atoms. The summed E-state index contributed by atoms with van der Waals surface area (Å²) in [5.74, 6) is -4.19. The molecule has 0 radical (unpaired) electrons. The molecule has 270 valence electrons. The van der Waals surface area contributed by atoms with E-state index in [9.17, 15) is 36.9 Å². The monoisotopic (exact) mass is 721 g/mol. The second-order valence-electron chi connectivity index (χ2n) is 12.6. The third-order valence-corrected chi connectivity index (χ3v) is 10.8. The van der Waals surface area contributed by atoms with Gasteiger partial charge in [0.2, 0.25) is 11.8 Å². The van der Waals surface area contributed by atoms with E-state index in [1.807, 2.05) is 12.2 Å². The van der Waals surface area contributed by atoms with Crippen LogP contribution in [0, 0.1) is 17.8 Å². The summed E-state index contributed by atoms with van der Waals surface area (Å²) in [7, 11) is -0.186. The van der Waals surface area contributed by atoms with Crippen LogP contribution < -0.4 is 15.7 Å². The summed E-state index contributed by atoms with van der Waals surface area (Å²) in [4.78, 5) is 60.0. The normalized spacial score (nSPS) is 26.5. The molecule has 0 saturated heterocycles. The zero-order chi connectivity index (χ0) is 36.3. The first-order valence-electron chi connectivity index (χ1n) is 16.1. The number of hydrogen-bond donors (Lipinski definition) is 3. The molecule has 5 atom stereocenters. The summed E-state index contributed by atoms with van der Waals surface area (Å²) in [6.45, 7) is 0.425. The van der Waals surface area contributed by atoms with Crippen molar-refractivity contribution in [3.63, 3.8) is 0 Å². The van der Waals surface area contributed by atoms with Crippen LogP contribution in [0.25, 0.3) is 11.3 Å². The Morgan fingerprint density at radius 2 is 1.82 bits per heavy atom. The molecule has 17 heteroatoms. The van der Waals surface area contributed by atoms with Crippen LogP contribution in [-0.2, 0) is 38.9 Å². The van der Waals surface area contributed by atoms with Crippen LogP contribution in [0.2, 0.25) is 0 Å². The maximum atomic E-state index is 13.9. The number of benzene rings is 1. The van der Waals surface area contributed by atoms with Crippen molar-refractivity contribution in [2.75, 3.05) is 33.1 Å². The summed E-state index contributed by atoms with van der Waals surface area (Å²) in [5, 5.41) is 7.44. The highest BCUT2D eigenvalue weighted by Gasteiger charge is 2.62. The molecule has 1 aliphatic heterocycles. The quantitative estimate of drug-likeness (QED) is 0.254. The van der Waals surface area contributed by atoms with Gasteiger partial charge < -0.3 is 15.0 Å². The maximum Gasteiger partial charge on any atom is 0.434 e.